The lowest BCUT2D eigenvalue weighted by Gasteiger charge is -1.90. The minimum atomic E-state index is -0.858. The number of nitrogens with zero attached hydrogens (tertiary/aromatic N) is 1. The van der Waals surface area contributed by atoms with Gasteiger partial charge in [0, 0.05) is 4.92 Å². The van der Waals surface area contributed by atoms with Crippen molar-refractivity contribution in [2.75, 3.05) is 6.54 Å². The van der Waals surface area contributed by atoms with E-state index in [0.717, 1.165) is 6.26 Å². The Balaban J connectivity index is 3.54. The first-order valence-electron chi connectivity index (χ1n) is 2.59. The molecule has 0 saturated carbocycles. The molecule has 0 heterocycles. The van der Waals surface area contributed by atoms with E-state index in [1.54, 1.807) is 6.92 Å². The zero-order chi connectivity index (χ0) is 7.98. The van der Waals surface area contributed by atoms with Gasteiger partial charge in [-0.2, -0.15) is 0 Å². The van der Waals surface area contributed by atoms with Gasteiger partial charge in [0.05, 0.1) is 6.26 Å². The summed E-state index contributed by atoms with van der Waals surface area (Å²) in [5.74, 6) is -0.858. The van der Waals surface area contributed by atoms with Gasteiger partial charge in [-0.25, -0.2) is 4.79 Å². The van der Waals surface area contributed by atoms with Gasteiger partial charge < -0.3 is 4.74 Å². The standard InChI is InChI=1S/C5H7NO4/c1-2-3-10-5(7)4-6(8)9/h2-3H,4H2,1H3. The molecule has 0 fully saturated rings. The van der Waals surface area contributed by atoms with Gasteiger partial charge in [0.2, 0.25) is 0 Å². The molecular weight excluding hydrogens is 138 g/mol. The van der Waals surface area contributed by atoms with Crippen LogP contribution in [0.1, 0.15) is 6.92 Å². The van der Waals surface area contributed by atoms with Crippen LogP contribution in [0.3, 0.4) is 0 Å². The summed E-state index contributed by atoms with van der Waals surface area (Å²) in [6, 6.07) is 0. The third kappa shape index (κ3) is 4.76. The lowest BCUT2D eigenvalue weighted by molar-refractivity contribution is -0.469. The van der Waals surface area contributed by atoms with Crippen molar-refractivity contribution in [3.8, 4) is 0 Å². The predicted molar refractivity (Wildman–Crippen MR) is 32.8 cm³/mol. The van der Waals surface area contributed by atoms with Gasteiger partial charge in [-0.05, 0) is 6.92 Å². The number of nitro groups is 1. The number of hydrogen-bond acceptors (Lipinski definition) is 4. The fourth-order valence-electron chi connectivity index (χ4n) is 0.287. The van der Waals surface area contributed by atoms with Crippen LogP contribution in [0.25, 0.3) is 0 Å². The predicted octanol–water partition coefficient (Wildman–Crippen LogP) is 0.340. The quantitative estimate of drug-likeness (QED) is 0.248. The van der Waals surface area contributed by atoms with E-state index in [2.05, 4.69) is 4.74 Å². The smallest absolute Gasteiger partial charge is 0.383 e. The van der Waals surface area contributed by atoms with Gasteiger partial charge in [0.15, 0.2) is 0 Å². The maximum atomic E-state index is 10.3. The molecule has 0 atom stereocenters. The Morgan fingerprint density at radius 2 is 2.40 bits per heavy atom. The van der Waals surface area contributed by atoms with E-state index in [-0.39, 0.29) is 0 Å². The van der Waals surface area contributed by atoms with Gasteiger partial charge in [-0.3, -0.25) is 10.1 Å². The van der Waals surface area contributed by atoms with Crippen molar-refractivity contribution < 1.29 is 14.5 Å². The summed E-state index contributed by atoms with van der Waals surface area (Å²) >= 11 is 0. The number of ether oxygens (including phenoxy) is 1. The number of hydrogen-bond donors (Lipinski definition) is 0. The Morgan fingerprint density at radius 1 is 1.80 bits per heavy atom. The van der Waals surface area contributed by atoms with E-state index in [1.165, 1.54) is 6.08 Å². The van der Waals surface area contributed by atoms with Crippen LogP contribution in [0, 0.1) is 10.1 Å². The first-order valence-corrected chi connectivity index (χ1v) is 2.59. The molecule has 56 valence electrons. The molecule has 0 aliphatic carbocycles. The molecule has 5 heteroatoms. The van der Waals surface area contributed by atoms with Crippen molar-refractivity contribution in [3.05, 3.63) is 22.5 Å². The second-order valence-electron chi connectivity index (χ2n) is 1.45. The first kappa shape index (κ1) is 8.61. The van der Waals surface area contributed by atoms with Crippen molar-refractivity contribution in [2.24, 2.45) is 0 Å². The van der Waals surface area contributed by atoms with E-state index in [0.29, 0.717) is 0 Å². The van der Waals surface area contributed by atoms with Gasteiger partial charge in [0.25, 0.3) is 6.54 Å². The van der Waals surface area contributed by atoms with E-state index in [9.17, 15) is 14.9 Å². The fraction of sp³-hybridized carbons (Fsp3) is 0.400. The van der Waals surface area contributed by atoms with Crippen LogP contribution in [0.2, 0.25) is 0 Å². The molecular formula is C5H7NO4. The highest BCUT2D eigenvalue weighted by Gasteiger charge is 2.07. The van der Waals surface area contributed by atoms with Gasteiger partial charge in [-0.1, -0.05) is 6.08 Å². The molecule has 0 radical (unpaired) electrons. The van der Waals surface area contributed by atoms with Crippen molar-refractivity contribution in [2.45, 2.75) is 6.92 Å². The maximum absolute atomic E-state index is 10.3. The number of carbonyl (C=O) groups is 1. The molecule has 0 aromatic carbocycles. The number of allylic oxidation sites excluding steroid dienone is 1. The topological polar surface area (TPSA) is 69.4 Å². The van der Waals surface area contributed by atoms with E-state index < -0.39 is 17.4 Å². The highest BCUT2D eigenvalue weighted by atomic mass is 16.6. The summed E-state index contributed by atoms with van der Waals surface area (Å²) in [5.41, 5.74) is 0. The third-order valence-corrected chi connectivity index (χ3v) is 0.594. The highest BCUT2D eigenvalue weighted by Crippen LogP contribution is 1.80. The summed E-state index contributed by atoms with van der Waals surface area (Å²) in [6.07, 6.45) is 2.57. The summed E-state index contributed by atoms with van der Waals surface area (Å²) in [4.78, 5) is 19.2. The highest BCUT2D eigenvalue weighted by molar-refractivity contribution is 5.70. The molecule has 0 amide bonds. The number of rotatable bonds is 3. The molecule has 0 bridgehead atoms. The van der Waals surface area contributed by atoms with Crippen LogP contribution in [0.5, 0.6) is 0 Å². The zero-order valence-corrected chi connectivity index (χ0v) is 5.44. The third-order valence-electron chi connectivity index (χ3n) is 0.594. The van der Waals surface area contributed by atoms with Crippen molar-refractivity contribution in [1.82, 2.24) is 0 Å². The summed E-state index contributed by atoms with van der Waals surface area (Å²) in [6.45, 7) is 0.851. The Morgan fingerprint density at radius 3 is 2.80 bits per heavy atom. The maximum Gasteiger partial charge on any atom is 0.383 e. The Hall–Kier alpha value is -1.39. The zero-order valence-electron chi connectivity index (χ0n) is 5.44. The largest absolute Gasteiger partial charge is 0.430 e. The Labute approximate surface area is 57.4 Å². The summed E-state index contributed by atoms with van der Waals surface area (Å²) in [7, 11) is 0. The fourth-order valence-corrected chi connectivity index (χ4v) is 0.287. The minimum Gasteiger partial charge on any atom is -0.430 e. The second-order valence-corrected chi connectivity index (χ2v) is 1.45. The van der Waals surface area contributed by atoms with Gasteiger partial charge >= 0.3 is 5.97 Å². The van der Waals surface area contributed by atoms with Crippen molar-refractivity contribution in [1.29, 1.82) is 0 Å². The van der Waals surface area contributed by atoms with Gasteiger partial charge in [-0.15, -0.1) is 0 Å². The van der Waals surface area contributed by atoms with E-state index >= 15 is 0 Å². The van der Waals surface area contributed by atoms with E-state index in [1.807, 2.05) is 0 Å². The van der Waals surface area contributed by atoms with Crippen LogP contribution in [-0.2, 0) is 9.53 Å². The van der Waals surface area contributed by atoms with E-state index in [4.69, 9.17) is 0 Å². The number of esters is 1. The lowest BCUT2D eigenvalue weighted by Crippen LogP contribution is -2.14. The molecule has 0 aromatic heterocycles. The molecule has 10 heavy (non-hydrogen) atoms. The molecule has 0 spiro atoms. The molecule has 0 unspecified atom stereocenters. The van der Waals surface area contributed by atoms with Crippen LogP contribution in [0.4, 0.5) is 0 Å². The second kappa shape index (κ2) is 4.49. The molecule has 0 aliphatic heterocycles. The van der Waals surface area contributed by atoms with Crippen molar-refractivity contribution in [3.63, 3.8) is 0 Å². The van der Waals surface area contributed by atoms with Crippen LogP contribution < -0.4 is 0 Å². The molecule has 0 N–H and O–H groups in total. The monoisotopic (exact) mass is 145 g/mol. The normalized spacial score (nSPS) is 9.70. The Kier molecular flexibility index (Phi) is 3.86. The SMILES string of the molecule is CC=COC(=O)C[N+](=O)[O-]. The van der Waals surface area contributed by atoms with Crippen LogP contribution in [0.15, 0.2) is 12.3 Å². The lowest BCUT2D eigenvalue weighted by atomic mass is 10.7. The number of carbonyl (C=O) groups excluding carboxylic acids is 1. The summed E-state index contributed by atoms with van der Waals surface area (Å²) < 4.78 is 4.24. The molecule has 5 nitrogen and oxygen atoms in total. The Bertz CT molecular complexity index is 163. The molecule has 0 saturated heterocycles. The van der Waals surface area contributed by atoms with Crippen molar-refractivity contribution >= 4 is 5.97 Å². The molecule has 0 aromatic rings. The minimum absolute atomic E-state index is 0.744. The molecule has 0 rings (SSSR count). The first-order chi connectivity index (χ1) is 4.66. The summed E-state index contributed by atoms with van der Waals surface area (Å²) in [5, 5.41) is 9.65. The van der Waals surface area contributed by atoms with Crippen LogP contribution in [-0.4, -0.2) is 17.4 Å². The average Bonchev–Trinajstić information content (AvgIpc) is 1.82. The molecule has 0 aliphatic rings. The van der Waals surface area contributed by atoms with Gasteiger partial charge in [0.1, 0.15) is 0 Å². The van der Waals surface area contributed by atoms with Crippen LogP contribution >= 0.6 is 0 Å². The average molecular weight is 145 g/mol.